The van der Waals surface area contributed by atoms with Crippen LogP contribution >= 0.6 is 0 Å². The Morgan fingerprint density at radius 3 is 2.33 bits per heavy atom. The van der Waals surface area contributed by atoms with Gasteiger partial charge in [-0.25, -0.2) is 0 Å². The van der Waals surface area contributed by atoms with Gasteiger partial charge in [0.2, 0.25) is 0 Å². The van der Waals surface area contributed by atoms with Gasteiger partial charge >= 0.3 is 0 Å². The number of rotatable bonds is 4. The number of aromatic nitrogens is 2. The average molecular weight is 243 g/mol. The topological polar surface area (TPSA) is 43.8 Å². The van der Waals surface area contributed by atoms with E-state index in [1.807, 2.05) is 4.68 Å². The van der Waals surface area contributed by atoms with Crippen molar-refractivity contribution in [3.8, 4) is 11.3 Å². The van der Waals surface area contributed by atoms with Gasteiger partial charge in [0.05, 0.1) is 11.4 Å². The zero-order valence-corrected chi connectivity index (χ0v) is 11.4. The lowest BCUT2D eigenvalue weighted by Gasteiger charge is -2.05. The van der Waals surface area contributed by atoms with Crippen LogP contribution in [-0.2, 0) is 13.1 Å². The first-order valence-corrected chi connectivity index (χ1v) is 6.52. The highest BCUT2D eigenvalue weighted by Crippen LogP contribution is 2.22. The van der Waals surface area contributed by atoms with Crippen LogP contribution in [0.25, 0.3) is 11.3 Å². The van der Waals surface area contributed by atoms with Crippen molar-refractivity contribution < 1.29 is 0 Å². The van der Waals surface area contributed by atoms with Gasteiger partial charge in [0.25, 0.3) is 0 Å². The normalized spacial score (nSPS) is 11.2. The van der Waals surface area contributed by atoms with Crippen molar-refractivity contribution in [3.63, 3.8) is 0 Å². The summed E-state index contributed by atoms with van der Waals surface area (Å²) in [5.74, 6) is 0.562. The largest absolute Gasteiger partial charge is 0.325 e. The van der Waals surface area contributed by atoms with Crippen molar-refractivity contribution in [1.29, 1.82) is 0 Å². The third kappa shape index (κ3) is 2.46. The second-order valence-electron chi connectivity index (χ2n) is 4.82. The van der Waals surface area contributed by atoms with Crippen molar-refractivity contribution in [1.82, 2.24) is 9.78 Å². The van der Waals surface area contributed by atoms with Gasteiger partial charge in [0.1, 0.15) is 0 Å². The maximum absolute atomic E-state index is 5.72. The van der Waals surface area contributed by atoms with E-state index in [9.17, 15) is 0 Å². The molecule has 0 aliphatic heterocycles. The van der Waals surface area contributed by atoms with Crippen molar-refractivity contribution in [2.45, 2.75) is 39.8 Å². The van der Waals surface area contributed by atoms with Crippen LogP contribution in [0.4, 0.5) is 0 Å². The summed E-state index contributed by atoms with van der Waals surface area (Å²) < 4.78 is 1.96. The Morgan fingerprint density at radius 1 is 1.22 bits per heavy atom. The van der Waals surface area contributed by atoms with Crippen LogP contribution < -0.4 is 5.73 Å². The lowest BCUT2D eigenvalue weighted by atomic mass is 10.0. The zero-order chi connectivity index (χ0) is 13.1. The summed E-state index contributed by atoms with van der Waals surface area (Å²) in [6, 6.07) is 10.7. The minimum absolute atomic E-state index is 0.533. The Hall–Kier alpha value is -1.61. The van der Waals surface area contributed by atoms with Gasteiger partial charge in [-0.2, -0.15) is 5.10 Å². The third-order valence-corrected chi connectivity index (χ3v) is 3.25. The summed E-state index contributed by atoms with van der Waals surface area (Å²) in [4.78, 5) is 0. The summed E-state index contributed by atoms with van der Waals surface area (Å²) in [6.45, 7) is 7.88. The van der Waals surface area contributed by atoms with Gasteiger partial charge in [-0.15, -0.1) is 0 Å². The van der Waals surface area contributed by atoms with Crippen molar-refractivity contribution in [3.05, 3.63) is 41.6 Å². The molecule has 3 nitrogen and oxygen atoms in total. The van der Waals surface area contributed by atoms with Gasteiger partial charge in [0.15, 0.2) is 0 Å². The van der Waals surface area contributed by atoms with Crippen LogP contribution in [0.5, 0.6) is 0 Å². The first-order valence-electron chi connectivity index (χ1n) is 6.52. The summed E-state index contributed by atoms with van der Waals surface area (Å²) in [7, 11) is 0. The Kier molecular flexibility index (Phi) is 3.82. The highest BCUT2D eigenvalue weighted by Gasteiger charge is 2.07. The van der Waals surface area contributed by atoms with Crippen LogP contribution in [0, 0.1) is 0 Å². The Labute approximate surface area is 109 Å². The summed E-state index contributed by atoms with van der Waals surface area (Å²) >= 11 is 0. The molecule has 1 aromatic heterocycles. The molecule has 0 saturated carbocycles. The molecule has 0 atom stereocenters. The molecule has 0 aliphatic carbocycles. The quantitative estimate of drug-likeness (QED) is 0.896. The molecule has 96 valence electrons. The number of hydrogen-bond acceptors (Lipinski definition) is 2. The van der Waals surface area contributed by atoms with E-state index in [2.05, 4.69) is 56.2 Å². The van der Waals surface area contributed by atoms with E-state index in [0.717, 1.165) is 23.5 Å². The smallest absolute Gasteiger partial charge is 0.0926 e. The predicted molar refractivity (Wildman–Crippen MR) is 75.3 cm³/mol. The first-order chi connectivity index (χ1) is 8.65. The van der Waals surface area contributed by atoms with Gasteiger partial charge in [-0.1, -0.05) is 38.1 Å². The van der Waals surface area contributed by atoms with E-state index in [1.54, 1.807) is 0 Å². The van der Waals surface area contributed by atoms with Crippen LogP contribution in [-0.4, -0.2) is 9.78 Å². The molecular weight excluding hydrogens is 222 g/mol. The predicted octanol–water partition coefficient (Wildman–Crippen LogP) is 3.15. The molecule has 2 rings (SSSR count). The van der Waals surface area contributed by atoms with Crippen LogP contribution in [0.15, 0.2) is 30.3 Å². The molecular formula is C15H21N3. The van der Waals surface area contributed by atoms with Crippen molar-refractivity contribution in [2.75, 3.05) is 0 Å². The molecule has 1 heterocycles. The molecule has 1 aromatic carbocycles. The van der Waals surface area contributed by atoms with E-state index in [4.69, 9.17) is 5.73 Å². The third-order valence-electron chi connectivity index (χ3n) is 3.25. The minimum atomic E-state index is 0.533. The fourth-order valence-corrected chi connectivity index (χ4v) is 2.07. The number of benzene rings is 1. The molecule has 0 fully saturated rings. The van der Waals surface area contributed by atoms with Gasteiger partial charge in [0, 0.05) is 18.7 Å². The molecule has 0 aliphatic rings. The van der Waals surface area contributed by atoms with Crippen LogP contribution in [0.2, 0.25) is 0 Å². The highest BCUT2D eigenvalue weighted by molar-refractivity contribution is 5.60. The number of nitrogens with two attached hydrogens (primary N) is 1. The number of nitrogens with zero attached hydrogens (tertiary/aromatic N) is 2. The minimum Gasteiger partial charge on any atom is -0.325 e. The number of aryl methyl sites for hydroxylation is 1. The van der Waals surface area contributed by atoms with E-state index in [1.165, 1.54) is 5.56 Å². The van der Waals surface area contributed by atoms with Crippen LogP contribution in [0.1, 0.15) is 37.9 Å². The monoisotopic (exact) mass is 243 g/mol. The summed E-state index contributed by atoms with van der Waals surface area (Å²) in [5, 5.41) is 4.58. The molecule has 3 heteroatoms. The van der Waals surface area contributed by atoms with Crippen LogP contribution in [0.3, 0.4) is 0 Å². The lowest BCUT2D eigenvalue weighted by Crippen LogP contribution is -2.06. The number of hydrogen-bond donors (Lipinski definition) is 1. The average Bonchev–Trinajstić information content (AvgIpc) is 2.82. The van der Waals surface area contributed by atoms with Gasteiger partial charge in [-0.05, 0) is 24.5 Å². The lowest BCUT2D eigenvalue weighted by molar-refractivity contribution is 0.624. The molecule has 0 radical (unpaired) electrons. The first kappa shape index (κ1) is 12.8. The van der Waals surface area contributed by atoms with E-state index in [0.29, 0.717) is 12.5 Å². The van der Waals surface area contributed by atoms with Gasteiger partial charge in [-0.3, -0.25) is 4.68 Å². The molecule has 18 heavy (non-hydrogen) atoms. The zero-order valence-electron chi connectivity index (χ0n) is 11.4. The fourth-order valence-electron chi connectivity index (χ4n) is 2.07. The second-order valence-corrected chi connectivity index (χ2v) is 4.82. The molecule has 2 N–H and O–H groups in total. The standard InChI is InChI=1S/C15H21N3/c1-4-18-14(10-16)9-15(17-18)13-7-5-12(6-8-13)11(2)3/h5-9,11H,4,10,16H2,1-3H3. The van der Waals surface area contributed by atoms with Crippen molar-refractivity contribution >= 4 is 0 Å². The fraction of sp³-hybridized carbons (Fsp3) is 0.400. The van der Waals surface area contributed by atoms with E-state index >= 15 is 0 Å². The Bertz CT molecular complexity index is 488. The molecule has 0 unspecified atom stereocenters. The summed E-state index contributed by atoms with van der Waals surface area (Å²) in [6.07, 6.45) is 0. The maximum atomic E-state index is 5.72. The van der Waals surface area contributed by atoms with Crippen molar-refractivity contribution in [2.24, 2.45) is 5.73 Å². The molecule has 0 spiro atoms. The SMILES string of the molecule is CCn1nc(-c2ccc(C(C)C)cc2)cc1CN. The van der Waals surface area contributed by atoms with Gasteiger partial charge < -0.3 is 5.73 Å². The molecule has 0 bridgehead atoms. The summed E-state index contributed by atoms with van der Waals surface area (Å²) in [5.41, 5.74) is 10.3. The van der Waals surface area contributed by atoms with E-state index in [-0.39, 0.29) is 0 Å². The molecule has 2 aromatic rings. The molecule has 0 amide bonds. The maximum Gasteiger partial charge on any atom is 0.0926 e. The molecule has 0 saturated heterocycles. The second kappa shape index (κ2) is 5.36. The Morgan fingerprint density at radius 2 is 1.89 bits per heavy atom. The Balaban J connectivity index is 2.33. The van der Waals surface area contributed by atoms with E-state index < -0.39 is 0 Å². The highest BCUT2D eigenvalue weighted by atomic mass is 15.3.